The Balaban J connectivity index is 1.40. The molecular formula is C29H24F3NO. The number of halogens is 3. The van der Waals surface area contributed by atoms with Gasteiger partial charge in [-0.15, -0.1) is 0 Å². The fraction of sp³-hybridized carbons (Fsp3) is 0.207. The van der Waals surface area contributed by atoms with Crippen LogP contribution in [0.3, 0.4) is 0 Å². The lowest BCUT2D eigenvalue weighted by Crippen LogP contribution is -1.98. The normalized spacial score (nSPS) is 10.8. The van der Waals surface area contributed by atoms with Crippen molar-refractivity contribution < 1.29 is 17.9 Å². The summed E-state index contributed by atoms with van der Waals surface area (Å²) in [5.41, 5.74) is 3.90. The van der Waals surface area contributed by atoms with Gasteiger partial charge in [0.15, 0.2) is 11.6 Å². The molecule has 0 radical (unpaired) electrons. The second-order valence-electron chi connectivity index (χ2n) is 8.12. The highest BCUT2D eigenvalue weighted by molar-refractivity contribution is 5.84. The molecule has 0 fully saturated rings. The Hall–Kier alpha value is -3.62. The number of benzene rings is 3. The third-order valence-corrected chi connectivity index (χ3v) is 5.65. The van der Waals surface area contributed by atoms with Crippen LogP contribution in [0.15, 0.2) is 66.9 Å². The van der Waals surface area contributed by atoms with Gasteiger partial charge in [-0.1, -0.05) is 36.1 Å². The highest BCUT2D eigenvalue weighted by Crippen LogP contribution is 2.21. The molecule has 0 unspecified atom stereocenters. The van der Waals surface area contributed by atoms with Crippen molar-refractivity contribution in [2.45, 2.75) is 25.7 Å². The molecule has 0 saturated heterocycles. The van der Waals surface area contributed by atoms with E-state index in [2.05, 4.69) is 22.9 Å². The first kappa shape index (κ1) is 23.5. The van der Waals surface area contributed by atoms with Gasteiger partial charge in [-0.25, -0.2) is 13.2 Å². The first-order valence-corrected chi connectivity index (χ1v) is 11.1. The van der Waals surface area contributed by atoms with Crippen molar-refractivity contribution in [1.82, 2.24) is 4.98 Å². The first-order chi connectivity index (χ1) is 16.5. The molecule has 0 bridgehead atoms. The van der Waals surface area contributed by atoms with Gasteiger partial charge in [-0.05, 0) is 78.6 Å². The van der Waals surface area contributed by atoms with E-state index in [0.29, 0.717) is 17.4 Å². The second kappa shape index (κ2) is 11.0. The summed E-state index contributed by atoms with van der Waals surface area (Å²) in [6, 6.07) is 16.5. The Labute approximate surface area is 197 Å². The van der Waals surface area contributed by atoms with Crippen LogP contribution in [0.1, 0.15) is 34.4 Å². The Morgan fingerprint density at radius 1 is 0.794 bits per heavy atom. The molecule has 0 N–H and O–H groups in total. The predicted octanol–water partition coefficient (Wildman–Crippen LogP) is 6.42. The zero-order valence-electron chi connectivity index (χ0n) is 18.9. The van der Waals surface area contributed by atoms with Gasteiger partial charge in [0.25, 0.3) is 0 Å². The standard InChI is InChI=1S/C29H24F3NO/c1-34-16-2-3-22-7-13-25(33-19-22)12-6-21-5-10-23(28(31)18-21)9-4-20-8-14-26-24(17-20)11-15-27(30)29(26)32/h5,7-8,10-11,13-15,17-19H,2-3,6,12,16H2,1H3. The monoisotopic (exact) mass is 459 g/mol. The number of methoxy groups -OCH3 is 1. The Kier molecular flexibility index (Phi) is 7.61. The molecule has 4 rings (SSSR count). The summed E-state index contributed by atoms with van der Waals surface area (Å²) >= 11 is 0. The van der Waals surface area contributed by atoms with Gasteiger partial charge >= 0.3 is 0 Å². The van der Waals surface area contributed by atoms with E-state index in [1.807, 2.05) is 18.3 Å². The van der Waals surface area contributed by atoms with Crippen molar-refractivity contribution >= 4 is 10.8 Å². The smallest absolute Gasteiger partial charge is 0.166 e. The van der Waals surface area contributed by atoms with Gasteiger partial charge in [0.05, 0.1) is 5.56 Å². The molecule has 0 saturated carbocycles. The minimum atomic E-state index is -0.890. The Morgan fingerprint density at radius 2 is 1.65 bits per heavy atom. The van der Waals surface area contributed by atoms with Gasteiger partial charge in [0.2, 0.25) is 0 Å². The van der Waals surface area contributed by atoms with E-state index in [1.165, 1.54) is 23.8 Å². The van der Waals surface area contributed by atoms with Gasteiger partial charge in [0, 0.05) is 36.6 Å². The average molecular weight is 460 g/mol. The average Bonchev–Trinajstić information content (AvgIpc) is 2.85. The molecular weight excluding hydrogens is 435 g/mol. The maximum Gasteiger partial charge on any atom is 0.166 e. The van der Waals surface area contributed by atoms with Crippen LogP contribution in [0.2, 0.25) is 0 Å². The predicted molar refractivity (Wildman–Crippen MR) is 128 cm³/mol. The highest BCUT2D eigenvalue weighted by Gasteiger charge is 2.07. The fourth-order valence-electron chi connectivity index (χ4n) is 3.74. The maximum atomic E-state index is 14.6. The summed E-state index contributed by atoms with van der Waals surface area (Å²) in [5.74, 6) is 3.58. The van der Waals surface area contributed by atoms with E-state index in [4.69, 9.17) is 4.74 Å². The molecule has 2 nitrogen and oxygen atoms in total. The summed E-state index contributed by atoms with van der Waals surface area (Å²) in [6.07, 6.45) is 5.18. The number of nitrogens with zero attached hydrogens (tertiary/aromatic N) is 1. The molecule has 0 spiro atoms. The molecule has 4 aromatic rings. The molecule has 0 aliphatic heterocycles. The zero-order chi connectivity index (χ0) is 23.9. The Morgan fingerprint density at radius 3 is 2.41 bits per heavy atom. The number of fused-ring (bicyclic) bond motifs is 1. The van der Waals surface area contributed by atoms with Crippen molar-refractivity contribution in [2.75, 3.05) is 13.7 Å². The largest absolute Gasteiger partial charge is 0.385 e. The number of aryl methyl sites for hydroxylation is 3. The SMILES string of the molecule is COCCCc1ccc(CCc2ccc(C#Cc3ccc4c(F)c(F)ccc4c3)c(F)c2)nc1. The van der Waals surface area contributed by atoms with Crippen LogP contribution in [0, 0.1) is 29.3 Å². The fourth-order valence-corrected chi connectivity index (χ4v) is 3.74. The molecule has 0 atom stereocenters. The van der Waals surface area contributed by atoms with Crippen molar-refractivity contribution in [2.24, 2.45) is 0 Å². The van der Waals surface area contributed by atoms with Gasteiger partial charge in [-0.2, -0.15) is 0 Å². The van der Waals surface area contributed by atoms with E-state index < -0.39 is 11.6 Å². The summed E-state index contributed by atoms with van der Waals surface area (Å²) in [6.45, 7) is 0.733. The van der Waals surface area contributed by atoms with E-state index in [1.54, 1.807) is 25.3 Å². The third kappa shape index (κ3) is 5.84. The molecule has 1 heterocycles. The van der Waals surface area contributed by atoms with Gasteiger partial charge < -0.3 is 4.74 Å². The number of hydrogen-bond donors (Lipinski definition) is 0. The maximum absolute atomic E-state index is 14.6. The number of ether oxygens (including phenoxy) is 1. The van der Waals surface area contributed by atoms with Crippen molar-refractivity contribution in [1.29, 1.82) is 0 Å². The second-order valence-corrected chi connectivity index (χ2v) is 8.12. The van der Waals surface area contributed by atoms with E-state index >= 15 is 0 Å². The molecule has 0 aliphatic carbocycles. The molecule has 34 heavy (non-hydrogen) atoms. The number of hydrogen-bond acceptors (Lipinski definition) is 2. The van der Waals surface area contributed by atoms with Crippen LogP contribution >= 0.6 is 0 Å². The minimum Gasteiger partial charge on any atom is -0.385 e. The van der Waals surface area contributed by atoms with Crippen molar-refractivity contribution in [3.05, 3.63) is 112 Å². The Bertz CT molecular complexity index is 1350. The summed E-state index contributed by atoms with van der Waals surface area (Å²) < 4.78 is 46.9. The number of aromatic nitrogens is 1. The third-order valence-electron chi connectivity index (χ3n) is 5.65. The lowest BCUT2D eigenvalue weighted by Gasteiger charge is -2.05. The molecule has 172 valence electrons. The van der Waals surface area contributed by atoms with Crippen molar-refractivity contribution in [3.63, 3.8) is 0 Å². The highest BCUT2D eigenvalue weighted by atomic mass is 19.2. The molecule has 0 amide bonds. The summed E-state index contributed by atoms with van der Waals surface area (Å²) in [5, 5.41) is 0.731. The topological polar surface area (TPSA) is 22.1 Å². The summed E-state index contributed by atoms with van der Waals surface area (Å²) in [7, 11) is 1.70. The van der Waals surface area contributed by atoms with Crippen LogP contribution in [-0.4, -0.2) is 18.7 Å². The molecule has 1 aromatic heterocycles. The lowest BCUT2D eigenvalue weighted by atomic mass is 10.0. The van der Waals surface area contributed by atoms with Crippen LogP contribution < -0.4 is 0 Å². The van der Waals surface area contributed by atoms with Crippen LogP contribution in [0.25, 0.3) is 10.8 Å². The van der Waals surface area contributed by atoms with Gasteiger partial charge in [-0.3, -0.25) is 4.98 Å². The molecule has 3 aromatic carbocycles. The van der Waals surface area contributed by atoms with Crippen LogP contribution in [0.4, 0.5) is 13.2 Å². The number of rotatable bonds is 7. The van der Waals surface area contributed by atoms with E-state index in [0.717, 1.165) is 43.2 Å². The number of pyridine rings is 1. The van der Waals surface area contributed by atoms with Crippen LogP contribution in [-0.2, 0) is 24.0 Å². The molecule has 0 aliphatic rings. The van der Waals surface area contributed by atoms with E-state index in [9.17, 15) is 13.2 Å². The van der Waals surface area contributed by atoms with Crippen LogP contribution in [0.5, 0.6) is 0 Å². The first-order valence-electron chi connectivity index (χ1n) is 11.1. The van der Waals surface area contributed by atoms with Gasteiger partial charge in [0.1, 0.15) is 5.82 Å². The zero-order valence-corrected chi connectivity index (χ0v) is 18.9. The lowest BCUT2D eigenvalue weighted by molar-refractivity contribution is 0.195. The minimum absolute atomic E-state index is 0.191. The van der Waals surface area contributed by atoms with E-state index in [-0.39, 0.29) is 16.8 Å². The summed E-state index contributed by atoms with van der Waals surface area (Å²) in [4.78, 5) is 4.51. The quantitative estimate of drug-likeness (QED) is 0.235. The molecule has 5 heteroatoms. The van der Waals surface area contributed by atoms with Crippen molar-refractivity contribution in [3.8, 4) is 11.8 Å².